The molecule has 0 aliphatic heterocycles. The lowest BCUT2D eigenvalue weighted by Crippen LogP contribution is -2.46. The first-order valence-electron chi connectivity index (χ1n) is 8.91. The predicted molar refractivity (Wildman–Crippen MR) is 86.4 cm³/mol. The third-order valence-corrected chi connectivity index (χ3v) is 4.73. The number of carbonyl (C=O) groups excluding carboxylic acids is 2. The molecule has 0 radical (unpaired) electrons. The van der Waals surface area contributed by atoms with E-state index >= 15 is 0 Å². The summed E-state index contributed by atoms with van der Waals surface area (Å²) in [4.78, 5) is 25.2. The lowest BCUT2D eigenvalue weighted by molar-refractivity contribution is -0.177. The number of hydrogen-bond acceptors (Lipinski definition) is 4. The summed E-state index contributed by atoms with van der Waals surface area (Å²) in [6.07, 6.45) is 8.74. The summed E-state index contributed by atoms with van der Waals surface area (Å²) in [5.41, 5.74) is -1.14. The van der Waals surface area contributed by atoms with E-state index in [2.05, 4.69) is 0 Å². The Hall–Kier alpha value is -1.06. The number of rotatable bonds is 9. The molecule has 22 heavy (non-hydrogen) atoms. The Labute approximate surface area is 134 Å². The van der Waals surface area contributed by atoms with Crippen molar-refractivity contribution in [3.63, 3.8) is 0 Å². The molecule has 0 spiro atoms. The Morgan fingerprint density at radius 3 is 1.77 bits per heavy atom. The molecule has 1 fully saturated rings. The molecule has 1 aliphatic carbocycles. The average molecular weight is 312 g/mol. The molecule has 1 aliphatic rings. The molecule has 0 aromatic carbocycles. The van der Waals surface area contributed by atoms with E-state index in [1.54, 1.807) is 6.92 Å². The van der Waals surface area contributed by atoms with Crippen LogP contribution in [0.1, 0.15) is 78.6 Å². The van der Waals surface area contributed by atoms with Crippen molar-refractivity contribution in [1.29, 1.82) is 0 Å². The molecule has 0 amide bonds. The molecular formula is C18H32O4. The highest BCUT2D eigenvalue weighted by atomic mass is 16.6. The van der Waals surface area contributed by atoms with Crippen molar-refractivity contribution in [2.75, 3.05) is 13.2 Å². The van der Waals surface area contributed by atoms with Crippen molar-refractivity contribution >= 4 is 11.9 Å². The normalized spacial score (nSPS) is 16.3. The van der Waals surface area contributed by atoms with Gasteiger partial charge in [-0.05, 0) is 38.5 Å². The van der Waals surface area contributed by atoms with Gasteiger partial charge in [-0.15, -0.1) is 0 Å². The van der Waals surface area contributed by atoms with E-state index in [-0.39, 0.29) is 5.92 Å². The van der Waals surface area contributed by atoms with Gasteiger partial charge in [-0.3, -0.25) is 9.59 Å². The number of unbranched alkanes of at least 4 members (excludes halogenated alkanes) is 2. The van der Waals surface area contributed by atoms with Gasteiger partial charge in [-0.25, -0.2) is 0 Å². The summed E-state index contributed by atoms with van der Waals surface area (Å²) in [5, 5.41) is 0. The van der Waals surface area contributed by atoms with Crippen LogP contribution < -0.4 is 0 Å². The van der Waals surface area contributed by atoms with Gasteiger partial charge in [0.1, 0.15) is 0 Å². The predicted octanol–water partition coefficient (Wildman–Crippen LogP) is 4.26. The Balaban J connectivity index is 2.77. The topological polar surface area (TPSA) is 52.6 Å². The molecule has 0 saturated heterocycles. The van der Waals surface area contributed by atoms with E-state index in [4.69, 9.17) is 9.47 Å². The maximum Gasteiger partial charge on any atom is 0.323 e. The van der Waals surface area contributed by atoms with Gasteiger partial charge in [0.15, 0.2) is 5.41 Å². The monoisotopic (exact) mass is 312 g/mol. The van der Waals surface area contributed by atoms with Gasteiger partial charge in [0.2, 0.25) is 0 Å². The molecule has 0 N–H and O–H groups in total. The second-order valence-corrected chi connectivity index (χ2v) is 6.52. The molecule has 0 aromatic rings. The highest BCUT2D eigenvalue weighted by Gasteiger charge is 2.50. The Morgan fingerprint density at radius 1 is 0.909 bits per heavy atom. The summed E-state index contributed by atoms with van der Waals surface area (Å²) < 4.78 is 10.8. The average Bonchev–Trinajstić information content (AvgIpc) is 2.55. The Bertz CT molecular complexity index is 323. The largest absolute Gasteiger partial charge is 0.465 e. The van der Waals surface area contributed by atoms with Crippen molar-refractivity contribution in [3.05, 3.63) is 0 Å². The van der Waals surface area contributed by atoms with Gasteiger partial charge in [-0.2, -0.15) is 0 Å². The highest BCUT2D eigenvalue weighted by molar-refractivity contribution is 6.00. The van der Waals surface area contributed by atoms with E-state index in [1.165, 1.54) is 6.42 Å². The Kier molecular flexibility index (Phi) is 8.51. The molecule has 1 rings (SSSR count). The number of carbonyl (C=O) groups is 2. The molecular weight excluding hydrogens is 280 g/mol. The molecule has 0 bridgehead atoms. The summed E-state index contributed by atoms with van der Waals surface area (Å²) in [7, 11) is 0. The number of esters is 2. The molecule has 0 heterocycles. The fraction of sp³-hybridized carbons (Fsp3) is 0.889. The van der Waals surface area contributed by atoms with Crippen LogP contribution in [0.15, 0.2) is 0 Å². The summed E-state index contributed by atoms with van der Waals surface area (Å²) >= 11 is 0. The molecule has 1 saturated carbocycles. The first kappa shape index (κ1) is 19.0. The zero-order valence-electron chi connectivity index (χ0n) is 14.5. The second-order valence-electron chi connectivity index (χ2n) is 6.52. The fourth-order valence-corrected chi connectivity index (χ4v) is 3.01. The lowest BCUT2D eigenvalue weighted by Gasteiger charge is -2.35. The van der Waals surface area contributed by atoms with Crippen molar-refractivity contribution in [1.82, 2.24) is 0 Å². The lowest BCUT2D eigenvalue weighted by atomic mass is 9.69. The first-order valence-corrected chi connectivity index (χ1v) is 8.91. The van der Waals surface area contributed by atoms with E-state index in [0.29, 0.717) is 13.2 Å². The third-order valence-electron chi connectivity index (χ3n) is 4.73. The van der Waals surface area contributed by atoms with Crippen molar-refractivity contribution in [2.24, 2.45) is 11.3 Å². The van der Waals surface area contributed by atoms with Gasteiger partial charge >= 0.3 is 11.9 Å². The van der Waals surface area contributed by atoms with Gasteiger partial charge in [0.25, 0.3) is 0 Å². The summed E-state index contributed by atoms with van der Waals surface area (Å²) in [6.45, 7) is 6.60. The molecule has 0 aromatic heterocycles. The van der Waals surface area contributed by atoms with Crippen LogP contribution in [0, 0.1) is 11.3 Å². The summed E-state index contributed by atoms with van der Waals surface area (Å²) in [6, 6.07) is 0. The van der Waals surface area contributed by atoms with Gasteiger partial charge in [0.05, 0.1) is 13.2 Å². The van der Waals surface area contributed by atoms with Gasteiger partial charge in [-0.1, -0.05) is 46.0 Å². The van der Waals surface area contributed by atoms with Crippen LogP contribution in [0.4, 0.5) is 0 Å². The van der Waals surface area contributed by atoms with E-state index in [1.807, 2.05) is 13.8 Å². The zero-order valence-corrected chi connectivity index (χ0v) is 14.5. The molecule has 4 heteroatoms. The molecule has 128 valence electrons. The maximum atomic E-state index is 12.6. The second kappa shape index (κ2) is 9.86. The quantitative estimate of drug-likeness (QED) is 0.362. The van der Waals surface area contributed by atoms with Crippen LogP contribution in [0.25, 0.3) is 0 Å². The highest BCUT2D eigenvalue weighted by Crippen LogP contribution is 2.40. The zero-order chi connectivity index (χ0) is 16.4. The van der Waals surface area contributed by atoms with Crippen LogP contribution in [0.3, 0.4) is 0 Å². The fourth-order valence-electron chi connectivity index (χ4n) is 3.01. The molecule has 0 atom stereocenters. The number of ether oxygens (including phenoxy) is 2. The molecule has 0 unspecified atom stereocenters. The third kappa shape index (κ3) is 4.99. The Morgan fingerprint density at radius 2 is 1.36 bits per heavy atom. The van der Waals surface area contributed by atoms with Crippen molar-refractivity contribution in [2.45, 2.75) is 78.6 Å². The van der Waals surface area contributed by atoms with Crippen molar-refractivity contribution in [3.8, 4) is 0 Å². The van der Waals surface area contributed by atoms with Crippen molar-refractivity contribution < 1.29 is 19.1 Å². The standard InChI is InChI=1S/C18H32O4/c1-4-6-13-21-16(19)18(3,15-11-9-8-10-12-15)17(20)22-14-7-5-2/h15H,4-14H2,1-3H3. The van der Waals surface area contributed by atoms with Crippen LogP contribution in [-0.2, 0) is 19.1 Å². The van der Waals surface area contributed by atoms with Gasteiger partial charge in [0, 0.05) is 0 Å². The van der Waals surface area contributed by atoms with Crippen LogP contribution in [-0.4, -0.2) is 25.2 Å². The van der Waals surface area contributed by atoms with E-state index in [9.17, 15) is 9.59 Å². The van der Waals surface area contributed by atoms with Crippen LogP contribution in [0.2, 0.25) is 0 Å². The van der Waals surface area contributed by atoms with E-state index < -0.39 is 17.4 Å². The van der Waals surface area contributed by atoms with Crippen LogP contribution >= 0.6 is 0 Å². The minimum Gasteiger partial charge on any atom is -0.465 e. The minimum absolute atomic E-state index is 0.0458. The maximum absolute atomic E-state index is 12.6. The minimum atomic E-state index is -1.14. The smallest absolute Gasteiger partial charge is 0.323 e. The summed E-state index contributed by atoms with van der Waals surface area (Å²) in [5.74, 6) is -0.742. The van der Waals surface area contributed by atoms with Gasteiger partial charge < -0.3 is 9.47 Å². The number of hydrogen-bond donors (Lipinski definition) is 0. The van der Waals surface area contributed by atoms with E-state index in [0.717, 1.165) is 51.4 Å². The first-order chi connectivity index (χ1) is 10.6. The van der Waals surface area contributed by atoms with Crippen LogP contribution in [0.5, 0.6) is 0 Å². The SMILES string of the molecule is CCCCOC(=O)C(C)(C(=O)OCCCC)C1CCCCC1. The molecule has 4 nitrogen and oxygen atoms in total.